The lowest BCUT2D eigenvalue weighted by Gasteiger charge is -2.37. The minimum absolute atomic E-state index is 0.00630. The first-order chi connectivity index (χ1) is 12.5. The Morgan fingerprint density at radius 3 is 2.58 bits per heavy atom. The topological polar surface area (TPSA) is 113 Å². The molecule has 1 aromatic carbocycles. The van der Waals surface area contributed by atoms with Crippen molar-refractivity contribution in [2.45, 2.75) is 24.9 Å². The van der Waals surface area contributed by atoms with E-state index in [2.05, 4.69) is 15.7 Å². The number of hydrogen-bond acceptors (Lipinski definition) is 5. The molecule has 2 aliphatic rings. The average Bonchev–Trinajstić information content (AvgIpc) is 2.91. The summed E-state index contributed by atoms with van der Waals surface area (Å²) < 4.78 is 1.51. The molecule has 1 spiro atoms. The highest BCUT2D eigenvalue weighted by molar-refractivity contribution is 6.07. The lowest BCUT2D eigenvalue weighted by molar-refractivity contribution is -0.136. The largest absolute Gasteiger partial charge is 0.341 e. The molecule has 2 N–H and O–H groups in total. The Balaban J connectivity index is 1.49. The quantitative estimate of drug-likeness (QED) is 0.712. The third-order valence-corrected chi connectivity index (χ3v) is 5.03. The van der Waals surface area contributed by atoms with Gasteiger partial charge >= 0.3 is 6.03 Å². The van der Waals surface area contributed by atoms with Crippen LogP contribution in [0.2, 0.25) is 0 Å². The number of aromatic nitrogens is 2. The van der Waals surface area contributed by atoms with E-state index >= 15 is 0 Å². The number of likely N-dealkylation sites (tertiary alicyclic amines) is 1. The number of carbonyl (C=O) groups is 3. The smallest absolute Gasteiger partial charge is 0.322 e. The van der Waals surface area contributed by atoms with E-state index in [0.717, 1.165) is 0 Å². The van der Waals surface area contributed by atoms with Gasteiger partial charge in [-0.3, -0.25) is 24.4 Å². The van der Waals surface area contributed by atoms with Gasteiger partial charge in [0.05, 0.1) is 11.7 Å². The molecule has 9 heteroatoms. The van der Waals surface area contributed by atoms with Crippen molar-refractivity contribution in [3.63, 3.8) is 0 Å². The Bertz CT molecular complexity index is 975. The first kappa shape index (κ1) is 16.2. The van der Waals surface area contributed by atoms with Crippen LogP contribution in [0.5, 0.6) is 0 Å². The number of fused-ring (bicyclic) bond motifs is 1. The number of amides is 4. The van der Waals surface area contributed by atoms with Crippen molar-refractivity contribution in [3.05, 3.63) is 40.7 Å². The van der Waals surface area contributed by atoms with Crippen molar-refractivity contribution in [1.82, 2.24) is 25.3 Å². The van der Waals surface area contributed by atoms with Crippen LogP contribution in [0.15, 0.2) is 35.3 Å². The Morgan fingerprint density at radius 1 is 1.15 bits per heavy atom. The number of para-hydroxylation sites is 1. The number of nitrogens with one attached hydrogen (secondary N) is 2. The maximum atomic E-state index is 12.6. The van der Waals surface area contributed by atoms with E-state index < -0.39 is 11.6 Å². The molecule has 2 fully saturated rings. The monoisotopic (exact) mass is 355 g/mol. The lowest BCUT2D eigenvalue weighted by Crippen LogP contribution is -2.56. The summed E-state index contributed by atoms with van der Waals surface area (Å²) in [7, 11) is 0. The van der Waals surface area contributed by atoms with Gasteiger partial charge in [0.1, 0.15) is 12.1 Å². The number of nitrogens with zero attached hydrogens (tertiary/aromatic N) is 3. The molecule has 4 rings (SSSR count). The summed E-state index contributed by atoms with van der Waals surface area (Å²) in [5, 5.41) is 9.50. The van der Waals surface area contributed by atoms with Crippen LogP contribution in [0, 0.1) is 0 Å². The third-order valence-electron chi connectivity index (χ3n) is 5.03. The second-order valence-electron chi connectivity index (χ2n) is 6.55. The molecule has 9 nitrogen and oxygen atoms in total. The maximum Gasteiger partial charge on any atom is 0.322 e. The molecule has 4 amide bonds. The van der Waals surface area contributed by atoms with Crippen LogP contribution in [0.4, 0.5) is 4.79 Å². The Kier molecular flexibility index (Phi) is 3.71. The van der Waals surface area contributed by atoms with E-state index in [1.54, 1.807) is 29.2 Å². The molecule has 0 atom stereocenters. The molecule has 0 bridgehead atoms. The van der Waals surface area contributed by atoms with Gasteiger partial charge in [0, 0.05) is 18.5 Å². The average molecular weight is 355 g/mol. The minimum atomic E-state index is -0.907. The molecule has 0 saturated carbocycles. The van der Waals surface area contributed by atoms with E-state index in [1.807, 2.05) is 0 Å². The third kappa shape index (κ3) is 2.61. The van der Waals surface area contributed by atoms with E-state index in [9.17, 15) is 19.2 Å². The van der Waals surface area contributed by atoms with Gasteiger partial charge in [-0.25, -0.2) is 4.79 Å². The highest BCUT2D eigenvalue weighted by Gasteiger charge is 2.48. The molecule has 2 aliphatic heterocycles. The van der Waals surface area contributed by atoms with Gasteiger partial charge in [-0.15, -0.1) is 0 Å². The zero-order valence-electron chi connectivity index (χ0n) is 13.9. The number of urea groups is 1. The summed E-state index contributed by atoms with van der Waals surface area (Å²) >= 11 is 0. The number of rotatable bonds is 2. The van der Waals surface area contributed by atoms with Gasteiger partial charge < -0.3 is 10.2 Å². The summed E-state index contributed by atoms with van der Waals surface area (Å²) in [6.07, 6.45) is 1.95. The standard InChI is InChI=1S/C17H17N5O4/c23-13-9-18-22(12-4-2-1-3-11(12)13)10-14(24)21-7-5-17(6-8-21)15(25)19-16(26)20-17/h1-4,9H,5-8,10H2,(H2,19,20,25,26). The predicted octanol–water partition coefficient (Wildman–Crippen LogP) is -0.403. The molecule has 0 radical (unpaired) electrons. The van der Waals surface area contributed by atoms with Crippen molar-refractivity contribution in [1.29, 1.82) is 0 Å². The Morgan fingerprint density at radius 2 is 1.88 bits per heavy atom. The number of imide groups is 1. The number of carbonyl (C=O) groups excluding carboxylic acids is 3. The first-order valence-electron chi connectivity index (χ1n) is 8.35. The summed E-state index contributed by atoms with van der Waals surface area (Å²) in [6, 6.07) is 6.52. The Hall–Kier alpha value is -3.23. The van der Waals surface area contributed by atoms with Crippen molar-refractivity contribution >= 4 is 28.7 Å². The van der Waals surface area contributed by atoms with Crippen molar-refractivity contribution in [2.24, 2.45) is 0 Å². The van der Waals surface area contributed by atoms with Gasteiger partial charge in [-0.2, -0.15) is 5.10 Å². The zero-order valence-corrected chi connectivity index (χ0v) is 13.9. The Labute approximate surface area is 148 Å². The summed E-state index contributed by atoms with van der Waals surface area (Å²) in [4.78, 5) is 49.5. The highest BCUT2D eigenvalue weighted by atomic mass is 16.2. The normalized spacial score (nSPS) is 18.8. The maximum absolute atomic E-state index is 12.6. The fourth-order valence-electron chi connectivity index (χ4n) is 3.53. The molecule has 26 heavy (non-hydrogen) atoms. The first-order valence-corrected chi connectivity index (χ1v) is 8.35. The van der Waals surface area contributed by atoms with E-state index in [4.69, 9.17) is 0 Å². The van der Waals surface area contributed by atoms with Crippen LogP contribution in [0.25, 0.3) is 10.9 Å². The molecule has 2 saturated heterocycles. The summed E-state index contributed by atoms with van der Waals surface area (Å²) in [5.74, 6) is -0.478. The molecule has 3 heterocycles. The van der Waals surface area contributed by atoms with Crippen molar-refractivity contribution in [3.8, 4) is 0 Å². The van der Waals surface area contributed by atoms with Crippen LogP contribution in [0.1, 0.15) is 12.8 Å². The molecule has 0 unspecified atom stereocenters. The minimum Gasteiger partial charge on any atom is -0.341 e. The molecule has 1 aromatic heterocycles. The highest BCUT2D eigenvalue weighted by Crippen LogP contribution is 2.25. The number of benzene rings is 1. The summed E-state index contributed by atoms with van der Waals surface area (Å²) in [6.45, 7) is 0.738. The van der Waals surface area contributed by atoms with Gasteiger partial charge in [-0.05, 0) is 25.0 Å². The lowest BCUT2D eigenvalue weighted by atomic mass is 9.88. The fourth-order valence-corrected chi connectivity index (χ4v) is 3.53. The van der Waals surface area contributed by atoms with E-state index in [0.29, 0.717) is 36.8 Å². The molecular weight excluding hydrogens is 338 g/mol. The number of hydrogen-bond donors (Lipinski definition) is 2. The fraction of sp³-hybridized carbons (Fsp3) is 0.353. The SMILES string of the molecule is O=C1NC(=O)C2(CCN(C(=O)Cn3ncc(=O)c4ccccc43)CC2)N1. The van der Waals surface area contributed by atoms with Gasteiger partial charge in [0.15, 0.2) is 0 Å². The van der Waals surface area contributed by atoms with Crippen LogP contribution in [-0.4, -0.2) is 51.2 Å². The van der Waals surface area contributed by atoms with E-state index in [-0.39, 0.29) is 23.8 Å². The number of piperidine rings is 1. The van der Waals surface area contributed by atoms with Crippen molar-refractivity contribution < 1.29 is 14.4 Å². The molecule has 134 valence electrons. The molecule has 0 aliphatic carbocycles. The molecule has 2 aromatic rings. The second kappa shape index (κ2) is 5.94. The van der Waals surface area contributed by atoms with Gasteiger partial charge in [0.25, 0.3) is 5.91 Å². The van der Waals surface area contributed by atoms with Crippen molar-refractivity contribution in [2.75, 3.05) is 13.1 Å². The predicted molar refractivity (Wildman–Crippen MR) is 91.2 cm³/mol. The van der Waals surface area contributed by atoms with Crippen LogP contribution < -0.4 is 16.1 Å². The summed E-state index contributed by atoms with van der Waals surface area (Å²) in [5.41, 5.74) is -0.493. The zero-order chi connectivity index (χ0) is 18.3. The van der Waals surface area contributed by atoms with Crippen LogP contribution >= 0.6 is 0 Å². The van der Waals surface area contributed by atoms with Gasteiger partial charge in [-0.1, -0.05) is 12.1 Å². The van der Waals surface area contributed by atoms with E-state index in [1.165, 1.54) is 10.9 Å². The second-order valence-corrected chi connectivity index (χ2v) is 6.55. The van der Waals surface area contributed by atoms with Crippen LogP contribution in [0.3, 0.4) is 0 Å². The molecular formula is C17H17N5O4. The van der Waals surface area contributed by atoms with Gasteiger partial charge in [0.2, 0.25) is 11.3 Å². The van der Waals surface area contributed by atoms with Crippen LogP contribution in [-0.2, 0) is 16.1 Å².